The molecule has 0 bridgehead atoms. The predicted octanol–water partition coefficient (Wildman–Crippen LogP) is 3.18. The van der Waals surface area contributed by atoms with Crippen LogP contribution in [0.1, 0.15) is 104 Å². The number of hydrazine groups is 1. The van der Waals surface area contributed by atoms with Crippen molar-refractivity contribution < 1.29 is 38.3 Å². The van der Waals surface area contributed by atoms with E-state index in [0.29, 0.717) is 57.9 Å². The van der Waals surface area contributed by atoms with Gasteiger partial charge >= 0.3 is 6.09 Å². The lowest BCUT2D eigenvalue weighted by Gasteiger charge is -2.39. The van der Waals surface area contributed by atoms with E-state index in [2.05, 4.69) is 26.4 Å². The molecular formula is C49H72N10O8. The molecule has 1 aromatic heterocycles. The van der Waals surface area contributed by atoms with Crippen LogP contribution in [0.25, 0.3) is 10.9 Å². The molecule has 5 rings (SSSR count). The van der Waals surface area contributed by atoms with Crippen LogP contribution in [0.3, 0.4) is 0 Å². The zero-order chi connectivity index (χ0) is 48.8. The second-order valence-electron chi connectivity index (χ2n) is 18.9. The molecular weight excluding hydrogens is 857 g/mol. The summed E-state index contributed by atoms with van der Waals surface area (Å²) in [5.41, 5.74) is 10.5. The van der Waals surface area contributed by atoms with Gasteiger partial charge in [0.15, 0.2) is 0 Å². The van der Waals surface area contributed by atoms with Crippen molar-refractivity contribution >= 4 is 52.4 Å². The van der Waals surface area contributed by atoms with Crippen LogP contribution in [0.4, 0.5) is 4.79 Å². The number of benzene rings is 2. The number of hydrogen-bond donors (Lipinski definition) is 7. The average Bonchev–Trinajstić information content (AvgIpc) is 3.98. The molecule has 1 unspecified atom stereocenters. The van der Waals surface area contributed by atoms with Gasteiger partial charge in [0, 0.05) is 50.2 Å². The Morgan fingerprint density at radius 2 is 1.51 bits per heavy atom. The molecule has 0 aliphatic carbocycles. The van der Waals surface area contributed by atoms with Crippen LogP contribution in [0.15, 0.2) is 60.8 Å². The van der Waals surface area contributed by atoms with Gasteiger partial charge in [-0.15, -0.1) is 0 Å². The molecule has 2 fully saturated rings. The lowest BCUT2D eigenvalue weighted by molar-refractivity contribution is -0.150. The summed E-state index contributed by atoms with van der Waals surface area (Å²) in [6.45, 7) is 9.89. The first kappa shape index (κ1) is 52.0. The quantitative estimate of drug-likeness (QED) is 0.0377. The number of ether oxygens (including phenoxy) is 1. The molecule has 18 heteroatoms. The summed E-state index contributed by atoms with van der Waals surface area (Å²) < 4.78 is 5.36. The van der Waals surface area contributed by atoms with E-state index in [4.69, 9.17) is 16.3 Å². The van der Waals surface area contributed by atoms with Gasteiger partial charge in [0.05, 0.1) is 6.04 Å². The van der Waals surface area contributed by atoms with Crippen LogP contribution in [0, 0.1) is 5.92 Å². The second kappa shape index (κ2) is 24.1. The van der Waals surface area contributed by atoms with Gasteiger partial charge in [-0.05, 0) is 102 Å². The standard InChI is InChI=1S/C49H72N10O8/c1-7-31(2)41(55-42(60)35(50)29-33-30-53-36-21-12-11-20-34(33)36)47(65)59-26-16-14-23-38(59)43(61)54-37(22-13-15-25-52-48(66)67-49(3,4)5)45(63)57(6)40(28-32-18-9-8-10-19-32)46(64)58-27-17-24-39(58)44(62)56-51/h8-12,18-21,30-31,35,37-41,53H,7,13-17,22-29,50-51H2,1-6H3,(H,52,66)(H,54,61)(H,55,60)(H,56,62)/t31?,35-,37+,38-,39+,40-,41+/m1/s1. The van der Waals surface area contributed by atoms with E-state index < -0.39 is 83.4 Å². The highest BCUT2D eigenvalue weighted by atomic mass is 16.6. The van der Waals surface area contributed by atoms with Crippen LogP contribution < -0.4 is 33.0 Å². The maximum atomic E-state index is 14.8. The first-order valence-corrected chi connectivity index (χ1v) is 23.7. The van der Waals surface area contributed by atoms with Gasteiger partial charge in [0.2, 0.25) is 29.5 Å². The average molecular weight is 929 g/mol. The van der Waals surface area contributed by atoms with Crippen molar-refractivity contribution in [2.45, 2.75) is 147 Å². The predicted molar refractivity (Wildman–Crippen MR) is 255 cm³/mol. The van der Waals surface area contributed by atoms with E-state index in [1.165, 1.54) is 21.7 Å². The molecule has 7 atom stereocenters. The largest absolute Gasteiger partial charge is 0.444 e. The fraction of sp³-hybridized carbons (Fsp3) is 0.571. The number of fused-ring (bicyclic) bond motifs is 1. The second-order valence-corrected chi connectivity index (χ2v) is 18.9. The summed E-state index contributed by atoms with van der Waals surface area (Å²) in [4.78, 5) is 105. The zero-order valence-corrected chi connectivity index (χ0v) is 40.0. The third-order valence-corrected chi connectivity index (χ3v) is 12.9. The van der Waals surface area contributed by atoms with Crippen molar-refractivity contribution in [1.82, 2.24) is 41.1 Å². The number of carbonyl (C=O) groups is 7. The maximum absolute atomic E-state index is 14.8. The SMILES string of the molecule is CCC(C)[C@H](NC(=O)[C@H](N)Cc1c[nH]c2ccccc12)C(=O)N1CCCC[C@@H]1C(=O)N[C@@H](CCCCNC(=O)OC(C)(C)C)C(=O)N(C)[C@H](Cc1ccccc1)C(=O)N1CCC[C@H]1C(=O)NN. The van der Waals surface area contributed by atoms with Gasteiger partial charge in [0.25, 0.3) is 5.91 Å². The first-order chi connectivity index (χ1) is 31.9. The van der Waals surface area contributed by atoms with Crippen LogP contribution in [-0.2, 0) is 46.3 Å². The number of hydrogen-bond acceptors (Lipinski definition) is 10. The van der Waals surface area contributed by atoms with Crippen molar-refractivity contribution in [3.63, 3.8) is 0 Å². The number of unbranched alkanes of at least 4 members (excludes halogenated alkanes) is 1. The number of carbonyl (C=O) groups excluding carboxylic acids is 7. The number of rotatable bonds is 20. The summed E-state index contributed by atoms with van der Waals surface area (Å²) in [6.07, 6.45) is 5.74. The third-order valence-electron chi connectivity index (χ3n) is 12.9. The highest BCUT2D eigenvalue weighted by Crippen LogP contribution is 2.25. The van der Waals surface area contributed by atoms with Crippen LogP contribution in [0.5, 0.6) is 0 Å². The number of para-hydroxylation sites is 1. The lowest BCUT2D eigenvalue weighted by Crippen LogP contribution is -2.62. The van der Waals surface area contributed by atoms with E-state index >= 15 is 0 Å². The van der Waals surface area contributed by atoms with Crippen molar-refractivity contribution in [2.75, 3.05) is 26.7 Å². The molecule has 7 amide bonds. The Bertz CT molecular complexity index is 2180. The number of likely N-dealkylation sites (N-methyl/N-ethyl adjacent to an activating group) is 1. The number of alkyl carbamates (subject to hydrolysis) is 1. The minimum atomic E-state index is -1.14. The first-order valence-electron chi connectivity index (χ1n) is 23.7. The summed E-state index contributed by atoms with van der Waals surface area (Å²) in [5, 5.41) is 9.59. The van der Waals surface area contributed by atoms with Gasteiger partial charge in [-0.3, -0.25) is 34.2 Å². The number of H-pyrrole nitrogens is 1. The van der Waals surface area contributed by atoms with Crippen molar-refractivity contribution in [2.24, 2.45) is 17.5 Å². The summed E-state index contributed by atoms with van der Waals surface area (Å²) in [6, 6.07) is 11.1. The molecule has 0 saturated carbocycles. The van der Waals surface area contributed by atoms with E-state index in [-0.39, 0.29) is 38.3 Å². The highest BCUT2D eigenvalue weighted by Gasteiger charge is 2.43. The van der Waals surface area contributed by atoms with Gasteiger partial charge in [-0.25, -0.2) is 10.6 Å². The fourth-order valence-corrected chi connectivity index (χ4v) is 8.94. The minimum Gasteiger partial charge on any atom is -0.444 e. The number of nitrogens with zero attached hydrogens (tertiary/aromatic N) is 3. The minimum absolute atomic E-state index is 0.134. The van der Waals surface area contributed by atoms with Crippen molar-refractivity contribution in [3.05, 3.63) is 71.9 Å². The number of likely N-dealkylation sites (tertiary alicyclic amines) is 2. The van der Waals surface area contributed by atoms with Crippen LogP contribution in [0.2, 0.25) is 0 Å². The molecule has 0 radical (unpaired) electrons. The van der Waals surface area contributed by atoms with Gasteiger partial charge in [0.1, 0.15) is 35.8 Å². The number of aromatic amines is 1. The van der Waals surface area contributed by atoms with E-state index in [1.54, 1.807) is 20.8 Å². The molecule has 67 heavy (non-hydrogen) atoms. The topological polar surface area (TPSA) is 254 Å². The molecule has 366 valence electrons. The molecule has 2 saturated heterocycles. The Balaban J connectivity index is 1.37. The Hall–Kier alpha value is -6.01. The normalized spacial score (nSPS) is 18.5. The fourth-order valence-electron chi connectivity index (χ4n) is 8.94. The Morgan fingerprint density at radius 1 is 0.851 bits per heavy atom. The van der Waals surface area contributed by atoms with Crippen molar-refractivity contribution in [1.29, 1.82) is 0 Å². The molecule has 9 N–H and O–H groups in total. The van der Waals surface area contributed by atoms with Crippen molar-refractivity contribution in [3.8, 4) is 0 Å². The number of piperidine rings is 1. The highest BCUT2D eigenvalue weighted by molar-refractivity contribution is 5.97. The lowest BCUT2D eigenvalue weighted by atomic mass is 9.93. The van der Waals surface area contributed by atoms with Gasteiger partial charge in [-0.2, -0.15) is 0 Å². The Labute approximate surface area is 394 Å². The van der Waals surface area contributed by atoms with Crippen LogP contribution >= 0.6 is 0 Å². The van der Waals surface area contributed by atoms with E-state index in [0.717, 1.165) is 22.0 Å². The maximum Gasteiger partial charge on any atom is 0.407 e. The van der Waals surface area contributed by atoms with Gasteiger partial charge < -0.3 is 46.1 Å². The molecule has 2 aliphatic heterocycles. The van der Waals surface area contributed by atoms with Gasteiger partial charge in [-0.1, -0.05) is 68.8 Å². The third kappa shape index (κ3) is 14.0. The molecule has 3 heterocycles. The number of aromatic nitrogens is 1. The molecule has 18 nitrogen and oxygen atoms in total. The molecule has 0 spiro atoms. The number of amides is 7. The zero-order valence-electron chi connectivity index (χ0n) is 40.0. The Kier molecular flexibility index (Phi) is 18.7. The summed E-state index contributed by atoms with van der Waals surface area (Å²) in [7, 11) is 1.52. The Morgan fingerprint density at radius 3 is 2.21 bits per heavy atom. The summed E-state index contributed by atoms with van der Waals surface area (Å²) in [5.74, 6) is 2.29. The molecule has 3 aromatic rings. The smallest absolute Gasteiger partial charge is 0.407 e. The number of nitrogens with one attached hydrogen (secondary N) is 5. The monoisotopic (exact) mass is 929 g/mol. The van der Waals surface area contributed by atoms with E-state index in [1.807, 2.05) is 74.6 Å². The molecule has 2 aliphatic rings. The van der Waals surface area contributed by atoms with Crippen LogP contribution in [-0.4, -0.2) is 130 Å². The number of nitrogens with two attached hydrogens (primary N) is 2. The summed E-state index contributed by atoms with van der Waals surface area (Å²) >= 11 is 0. The molecule has 2 aromatic carbocycles. The van der Waals surface area contributed by atoms with E-state index in [9.17, 15) is 33.6 Å².